The van der Waals surface area contributed by atoms with Gasteiger partial charge in [0.2, 0.25) is 0 Å². The zero-order chi connectivity index (χ0) is 24.9. The van der Waals surface area contributed by atoms with Crippen LogP contribution in [0.2, 0.25) is 10.0 Å². The lowest BCUT2D eigenvalue weighted by Gasteiger charge is -2.57. The van der Waals surface area contributed by atoms with Gasteiger partial charge >= 0.3 is 5.97 Å². The molecule has 3 aliphatic carbocycles. The monoisotopic (exact) mass is 524 g/mol. The molecule has 36 heavy (non-hydrogen) atoms. The van der Waals surface area contributed by atoms with Crippen LogP contribution in [0.4, 0.5) is 0 Å². The summed E-state index contributed by atoms with van der Waals surface area (Å²) in [4.78, 5) is 15.2. The van der Waals surface area contributed by atoms with Gasteiger partial charge in [-0.15, -0.1) is 0 Å². The maximum absolute atomic E-state index is 11.1. The van der Waals surface area contributed by atoms with Crippen LogP contribution in [0, 0.1) is 17.3 Å². The maximum Gasteiger partial charge on any atom is 0.335 e. The van der Waals surface area contributed by atoms with Crippen LogP contribution in [-0.2, 0) is 0 Å². The number of allylic oxidation sites excluding steroid dienone is 1. The Morgan fingerprint density at radius 2 is 1.92 bits per heavy atom. The third kappa shape index (κ3) is 4.53. The third-order valence-corrected chi connectivity index (χ3v) is 8.30. The lowest BCUT2D eigenvalue weighted by molar-refractivity contribution is -0.0657. The average Bonchev–Trinajstić information content (AvgIpc) is 3.57. The molecule has 0 aliphatic heterocycles. The Morgan fingerprint density at radius 1 is 1.17 bits per heavy atom. The minimum Gasteiger partial charge on any atom is -0.493 e. The normalized spacial score (nSPS) is 25.1. The number of hydrogen-bond donors (Lipinski definition) is 1. The molecule has 8 heteroatoms. The Bertz CT molecular complexity index is 1310. The molecule has 2 aromatic heterocycles. The number of nitrogens with zero attached hydrogens (tertiary/aromatic N) is 2. The second-order valence-corrected chi connectivity index (χ2v) is 11.3. The zero-order valence-corrected chi connectivity index (χ0v) is 21.1. The Balaban J connectivity index is 1.07. The smallest absolute Gasteiger partial charge is 0.335 e. The average molecular weight is 525 g/mol. The van der Waals surface area contributed by atoms with Gasteiger partial charge < -0.3 is 14.4 Å². The van der Waals surface area contributed by atoms with E-state index in [4.69, 9.17) is 37.6 Å². The number of benzene rings is 1. The highest BCUT2D eigenvalue weighted by molar-refractivity contribution is 6.39. The molecular formula is C28H26Cl2N2O4. The van der Waals surface area contributed by atoms with Crippen molar-refractivity contribution in [2.24, 2.45) is 17.3 Å². The first-order chi connectivity index (χ1) is 17.4. The van der Waals surface area contributed by atoms with Crippen molar-refractivity contribution < 1.29 is 19.2 Å². The van der Waals surface area contributed by atoms with Crippen molar-refractivity contribution in [2.75, 3.05) is 6.61 Å². The summed E-state index contributed by atoms with van der Waals surface area (Å²) in [6.07, 6.45) is 14.5. The Labute approximate surface area is 219 Å². The molecule has 3 fully saturated rings. The van der Waals surface area contributed by atoms with Crippen LogP contribution < -0.4 is 4.74 Å². The van der Waals surface area contributed by atoms with Gasteiger partial charge in [-0.05, 0) is 74.0 Å². The van der Waals surface area contributed by atoms with Crippen LogP contribution >= 0.6 is 23.2 Å². The molecule has 1 N–H and O–H groups in total. The van der Waals surface area contributed by atoms with Gasteiger partial charge in [-0.3, -0.25) is 4.98 Å². The van der Waals surface area contributed by atoms with E-state index >= 15 is 0 Å². The summed E-state index contributed by atoms with van der Waals surface area (Å²) in [5.74, 6) is 2.07. The summed E-state index contributed by atoms with van der Waals surface area (Å²) in [6.45, 7) is 0.633. The molecular weight excluding hydrogens is 499 g/mol. The molecule has 1 spiro atoms. The van der Waals surface area contributed by atoms with Gasteiger partial charge in [0.05, 0.1) is 22.2 Å². The number of aromatic carboxylic acids is 1. The van der Waals surface area contributed by atoms with E-state index < -0.39 is 5.97 Å². The number of aromatic nitrogens is 2. The molecule has 6 nitrogen and oxygen atoms in total. The van der Waals surface area contributed by atoms with Crippen molar-refractivity contribution in [3.8, 4) is 17.0 Å². The van der Waals surface area contributed by atoms with Crippen molar-refractivity contribution >= 4 is 35.2 Å². The lowest BCUT2D eigenvalue weighted by Crippen LogP contribution is -2.48. The number of ether oxygens (including phenoxy) is 1. The molecule has 0 bridgehead atoms. The SMILES string of the molecule is O=C(O)c1cccc(OCC2CC3(CC(C=Cc4c(-c5c(Cl)cncc5Cl)noc4C4CC4)C3)C2)c1. The van der Waals surface area contributed by atoms with E-state index in [0.29, 0.717) is 56.8 Å². The highest BCUT2D eigenvalue weighted by Gasteiger charge is 2.52. The Hall–Kier alpha value is -2.83. The van der Waals surface area contributed by atoms with Crippen LogP contribution in [-0.4, -0.2) is 27.8 Å². The zero-order valence-electron chi connectivity index (χ0n) is 19.6. The second kappa shape index (κ2) is 9.24. The molecule has 0 radical (unpaired) electrons. The van der Waals surface area contributed by atoms with E-state index in [9.17, 15) is 4.79 Å². The number of pyridine rings is 1. The summed E-state index contributed by atoms with van der Waals surface area (Å²) in [6, 6.07) is 6.69. The standard InChI is InChI=1S/C28H26Cl2N2O4/c29-22-13-31-14-23(30)24(22)25-21(26(36-32-25)18-5-6-18)7-4-16-9-28(10-16)11-17(12-28)15-35-20-3-1-2-19(8-20)27(33)34/h1-4,7-8,13-14,16-18H,5-6,9-12,15H2,(H,33,34). The van der Waals surface area contributed by atoms with Gasteiger partial charge in [-0.2, -0.15) is 0 Å². The van der Waals surface area contributed by atoms with Gasteiger partial charge in [0.1, 0.15) is 17.2 Å². The van der Waals surface area contributed by atoms with Gasteiger partial charge in [0.25, 0.3) is 0 Å². The molecule has 1 aromatic carbocycles. The van der Waals surface area contributed by atoms with E-state index in [0.717, 1.165) is 37.0 Å². The first-order valence-corrected chi connectivity index (χ1v) is 13.1. The Morgan fingerprint density at radius 3 is 2.61 bits per heavy atom. The first-order valence-electron chi connectivity index (χ1n) is 12.3. The predicted octanol–water partition coefficient (Wildman–Crippen LogP) is 7.52. The van der Waals surface area contributed by atoms with Crippen molar-refractivity contribution in [1.29, 1.82) is 0 Å². The van der Waals surface area contributed by atoms with E-state index in [1.807, 2.05) is 6.07 Å². The second-order valence-electron chi connectivity index (χ2n) is 10.5. The lowest BCUT2D eigenvalue weighted by atomic mass is 9.48. The number of halogens is 2. The van der Waals surface area contributed by atoms with Crippen molar-refractivity contribution in [1.82, 2.24) is 10.1 Å². The van der Waals surface area contributed by atoms with Gasteiger partial charge in [0, 0.05) is 29.4 Å². The van der Waals surface area contributed by atoms with Crippen LogP contribution in [0.5, 0.6) is 5.75 Å². The van der Waals surface area contributed by atoms with Crippen LogP contribution in [0.3, 0.4) is 0 Å². The fourth-order valence-corrected chi connectivity index (χ4v) is 6.44. The number of hydrogen-bond acceptors (Lipinski definition) is 5. The molecule has 2 heterocycles. The molecule has 3 saturated carbocycles. The minimum atomic E-state index is -0.939. The number of carbonyl (C=O) groups is 1. The number of rotatable bonds is 8. The third-order valence-electron chi connectivity index (χ3n) is 7.73. The largest absolute Gasteiger partial charge is 0.493 e. The van der Waals surface area contributed by atoms with Gasteiger partial charge in [-0.1, -0.05) is 46.6 Å². The fraction of sp³-hybridized carbons (Fsp3) is 0.393. The summed E-state index contributed by atoms with van der Waals surface area (Å²) in [5.41, 5.74) is 3.01. The van der Waals surface area contributed by atoms with E-state index in [1.54, 1.807) is 30.6 Å². The highest BCUT2D eigenvalue weighted by atomic mass is 35.5. The molecule has 0 atom stereocenters. The quantitative estimate of drug-likeness (QED) is 0.328. The van der Waals surface area contributed by atoms with Crippen LogP contribution in [0.25, 0.3) is 17.3 Å². The fourth-order valence-electron chi connectivity index (χ4n) is 5.90. The summed E-state index contributed by atoms with van der Waals surface area (Å²) >= 11 is 12.8. The van der Waals surface area contributed by atoms with E-state index in [2.05, 4.69) is 22.3 Å². The highest BCUT2D eigenvalue weighted by Crippen LogP contribution is 2.61. The van der Waals surface area contributed by atoms with E-state index in [-0.39, 0.29) is 5.56 Å². The molecule has 6 rings (SSSR count). The number of carboxylic acids is 1. The van der Waals surface area contributed by atoms with Gasteiger partial charge in [0.15, 0.2) is 0 Å². The first kappa shape index (κ1) is 23.6. The molecule has 0 unspecified atom stereocenters. The summed E-state index contributed by atoms with van der Waals surface area (Å²) in [5, 5.41) is 14.4. The van der Waals surface area contributed by atoms with Crippen molar-refractivity contribution in [2.45, 2.75) is 44.4 Å². The van der Waals surface area contributed by atoms with Crippen LogP contribution in [0.1, 0.15) is 66.1 Å². The summed E-state index contributed by atoms with van der Waals surface area (Å²) in [7, 11) is 0. The predicted molar refractivity (Wildman–Crippen MR) is 138 cm³/mol. The van der Waals surface area contributed by atoms with Crippen molar-refractivity contribution in [3.05, 3.63) is 69.7 Å². The van der Waals surface area contributed by atoms with Crippen LogP contribution in [0.15, 0.2) is 47.3 Å². The van der Waals surface area contributed by atoms with Crippen molar-refractivity contribution in [3.63, 3.8) is 0 Å². The van der Waals surface area contributed by atoms with Gasteiger partial charge in [-0.25, -0.2) is 4.79 Å². The molecule has 186 valence electrons. The molecule has 3 aromatic rings. The minimum absolute atomic E-state index is 0.250. The summed E-state index contributed by atoms with van der Waals surface area (Å²) < 4.78 is 11.6. The molecule has 0 amide bonds. The maximum atomic E-state index is 11.1. The number of carboxylic acid groups (broad SMARTS) is 1. The molecule has 3 aliphatic rings. The Kier molecular flexibility index (Phi) is 6.05. The molecule has 0 saturated heterocycles. The topological polar surface area (TPSA) is 85.5 Å². The van der Waals surface area contributed by atoms with E-state index in [1.165, 1.54) is 12.8 Å².